The summed E-state index contributed by atoms with van der Waals surface area (Å²) < 4.78 is 23.3. The molecule has 1 fully saturated rings. The zero-order valence-electron chi connectivity index (χ0n) is 10.5. The fraction of sp³-hybridized carbons (Fsp3) is 1.00. The van der Waals surface area contributed by atoms with Crippen molar-refractivity contribution in [3.05, 3.63) is 0 Å². The summed E-state index contributed by atoms with van der Waals surface area (Å²) in [6.07, 6.45) is 5.24. The van der Waals surface area contributed by atoms with Gasteiger partial charge in [-0.25, -0.2) is 8.42 Å². The van der Waals surface area contributed by atoms with Crippen LogP contribution in [0.4, 0.5) is 0 Å². The van der Waals surface area contributed by atoms with Crippen LogP contribution in [-0.4, -0.2) is 32.5 Å². The van der Waals surface area contributed by atoms with Gasteiger partial charge in [0.05, 0.1) is 5.75 Å². The van der Waals surface area contributed by atoms with E-state index in [2.05, 4.69) is 12.2 Å². The summed E-state index contributed by atoms with van der Waals surface area (Å²) in [5.74, 6) is 1.31. The van der Waals surface area contributed by atoms with Gasteiger partial charge in [-0.2, -0.15) is 0 Å². The standard InChI is InChI=1S/C12H25NO2S/c1-3-9-16(14,15)10-8-11-6-5-7-12(11)13-4-2/h11-13H,3-10H2,1-2H3. The van der Waals surface area contributed by atoms with Gasteiger partial charge in [0.1, 0.15) is 9.84 Å². The van der Waals surface area contributed by atoms with Crippen LogP contribution in [0.15, 0.2) is 0 Å². The minimum atomic E-state index is -2.79. The van der Waals surface area contributed by atoms with Gasteiger partial charge in [0.25, 0.3) is 0 Å². The molecule has 16 heavy (non-hydrogen) atoms. The van der Waals surface area contributed by atoms with Crippen molar-refractivity contribution in [1.29, 1.82) is 0 Å². The number of rotatable bonds is 7. The van der Waals surface area contributed by atoms with Crippen LogP contribution in [0.3, 0.4) is 0 Å². The minimum Gasteiger partial charge on any atom is -0.314 e. The van der Waals surface area contributed by atoms with E-state index >= 15 is 0 Å². The van der Waals surface area contributed by atoms with Gasteiger partial charge in [0.15, 0.2) is 0 Å². The highest BCUT2D eigenvalue weighted by Gasteiger charge is 2.27. The molecule has 2 unspecified atom stereocenters. The summed E-state index contributed by atoms with van der Waals surface area (Å²) in [5, 5.41) is 3.47. The fourth-order valence-corrected chi connectivity index (χ4v) is 4.15. The topological polar surface area (TPSA) is 46.2 Å². The Labute approximate surface area is 99.9 Å². The maximum absolute atomic E-state index is 11.6. The average molecular weight is 247 g/mol. The second-order valence-electron chi connectivity index (χ2n) is 4.80. The maximum atomic E-state index is 11.6. The van der Waals surface area contributed by atoms with Crippen molar-refractivity contribution in [2.24, 2.45) is 5.92 Å². The lowest BCUT2D eigenvalue weighted by Gasteiger charge is -2.20. The lowest BCUT2D eigenvalue weighted by atomic mass is 10.0. The third-order valence-corrected chi connectivity index (χ3v) is 5.33. The van der Waals surface area contributed by atoms with Crippen molar-refractivity contribution >= 4 is 9.84 Å². The van der Waals surface area contributed by atoms with E-state index in [0.29, 0.717) is 23.5 Å². The fourth-order valence-electron chi connectivity index (χ4n) is 2.66. The van der Waals surface area contributed by atoms with Crippen LogP contribution in [0, 0.1) is 5.92 Å². The lowest BCUT2D eigenvalue weighted by Crippen LogP contribution is -2.33. The van der Waals surface area contributed by atoms with E-state index in [4.69, 9.17) is 0 Å². The number of nitrogens with one attached hydrogen (secondary N) is 1. The monoisotopic (exact) mass is 247 g/mol. The molecule has 1 aliphatic rings. The van der Waals surface area contributed by atoms with Gasteiger partial charge in [0, 0.05) is 11.8 Å². The number of hydrogen-bond acceptors (Lipinski definition) is 3. The molecule has 1 rings (SSSR count). The molecule has 0 bridgehead atoms. The highest BCUT2D eigenvalue weighted by molar-refractivity contribution is 7.91. The van der Waals surface area contributed by atoms with Gasteiger partial charge in [-0.05, 0) is 38.1 Å². The third kappa shape index (κ3) is 4.42. The molecule has 0 radical (unpaired) electrons. The summed E-state index contributed by atoms with van der Waals surface area (Å²) in [5.41, 5.74) is 0. The summed E-state index contributed by atoms with van der Waals surface area (Å²) in [6, 6.07) is 0.557. The third-order valence-electron chi connectivity index (χ3n) is 3.44. The quantitative estimate of drug-likeness (QED) is 0.748. The van der Waals surface area contributed by atoms with E-state index in [1.165, 1.54) is 19.3 Å². The predicted octanol–water partition coefficient (Wildman–Crippen LogP) is 1.98. The molecule has 1 N–H and O–H groups in total. The van der Waals surface area contributed by atoms with E-state index < -0.39 is 9.84 Å². The van der Waals surface area contributed by atoms with E-state index in [1.807, 2.05) is 6.92 Å². The Morgan fingerprint density at radius 1 is 1.19 bits per heavy atom. The van der Waals surface area contributed by atoms with Gasteiger partial charge in [-0.1, -0.05) is 20.3 Å². The Bertz CT molecular complexity index is 287. The molecule has 0 spiro atoms. The minimum absolute atomic E-state index is 0.353. The molecule has 1 saturated carbocycles. The molecular weight excluding hydrogens is 222 g/mol. The first-order valence-electron chi connectivity index (χ1n) is 6.53. The Morgan fingerprint density at radius 3 is 2.56 bits per heavy atom. The van der Waals surface area contributed by atoms with Crippen LogP contribution in [0.5, 0.6) is 0 Å². The van der Waals surface area contributed by atoms with Crippen molar-refractivity contribution in [2.45, 2.75) is 52.0 Å². The largest absolute Gasteiger partial charge is 0.314 e. The molecule has 0 aromatic heterocycles. The molecule has 0 aromatic rings. The van der Waals surface area contributed by atoms with Gasteiger partial charge in [-0.3, -0.25) is 0 Å². The molecule has 1 aliphatic carbocycles. The molecule has 2 atom stereocenters. The molecular formula is C12H25NO2S. The lowest BCUT2D eigenvalue weighted by molar-refractivity contribution is 0.398. The number of hydrogen-bond donors (Lipinski definition) is 1. The van der Waals surface area contributed by atoms with Crippen LogP contribution in [0.1, 0.15) is 46.0 Å². The van der Waals surface area contributed by atoms with Crippen LogP contribution < -0.4 is 5.32 Å². The highest BCUT2D eigenvalue weighted by Crippen LogP contribution is 2.28. The van der Waals surface area contributed by atoms with Crippen LogP contribution in [0.2, 0.25) is 0 Å². The molecule has 3 nitrogen and oxygen atoms in total. The number of sulfone groups is 1. The Hall–Kier alpha value is -0.0900. The zero-order chi connectivity index (χ0) is 12.0. The summed E-state index contributed by atoms with van der Waals surface area (Å²) in [7, 11) is -2.79. The van der Waals surface area contributed by atoms with Gasteiger partial charge in [-0.15, -0.1) is 0 Å². The molecule has 0 aliphatic heterocycles. The summed E-state index contributed by atoms with van der Waals surface area (Å²) >= 11 is 0. The molecule has 0 saturated heterocycles. The highest BCUT2D eigenvalue weighted by atomic mass is 32.2. The second-order valence-corrected chi connectivity index (χ2v) is 7.10. The van der Waals surface area contributed by atoms with Crippen molar-refractivity contribution < 1.29 is 8.42 Å². The second kappa shape index (κ2) is 6.60. The smallest absolute Gasteiger partial charge is 0.150 e. The summed E-state index contributed by atoms with van der Waals surface area (Å²) in [4.78, 5) is 0. The van der Waals surface area contributed by atoms with E-state index in [9.17, 15) is 8.42 Å². The van der Waals surface area contributed by atoms with Crippen LogP contribution >= 0.6 is 0 Å². The van der Waals surface area contributed by atoms with Crippen molar-refractivity contribution in [1.82, 2.24) is 5.32 Å². The molecule has 96 valence electrons. The van der Waals surface area contributed by atoms with Crippen molar-refractivity contribution in [3.63, 3.8) is 0 Å². The SMILES string of the molecule is CCCS(=O)(=O)CCC1CCCC1NCC. The van der Waals surface area contributed by atoms with Gasteiger partial charge in [0.2, 0.25) is 0 Å². The zero-order valence-corrected chi connectivity index (χ0v) is 11.4. The molecule has 0 aromatic carbocycles. The first kappa shape index (κ1) is 14.0. The molecule has 0 heterocycles. The van der Waals surface area contributed by atoms with Gasteiger partial charge < -0.3 is 5.32 Å². The Morgan fingerprint density at radius 2 is 1.94 bits per heavy atom. The van der Waals surface area contributed by atoms with E-state index in [-0.39, 0.29) is 0 Å². The maximum Gasteiger partial charge on any atom is 0.150 e. The van der Waals surface area contributed by atoms with E-state index in [1.54, 1.807) is 0 Å². The summed E-state index contributed by atoms with van der Waals surface area (Å²) in [6.45, 7) is 5.03. The van der Waals surface area contributed by atoms with Crippen LogP contribution in [0.25, 0.3) is 0 Å². The Kier molecular flexibility index (Phi) is 5.76. The van der Waals surface area contributed by atoms with Crippen molar-refractivity contribution in [3.8, 4) is 0 Å². The Balaban J connectivity index is 2.36. The van der Waals surface area contributed by atoms with E-state index in [0.717, 1.165) is 19.4 Å². The molecule has 4 heteroatoms. The van der Waals surface area contributed by atoms with Crippen molar-refractivity contribution in [2.75, 3.05) is 18.1 Å². The average Bonchev–Trinajstić information content (AvgIpc) is 2.63. The first-order valence-corrected chi connectivity index (χ1v) is 8.35. The molecule has 0 amide bonds. The van der Waals surface area contributed by atoms with Gasteiger partial charge >= 0.3 is 0 Å². The first-order chi connectivity index (χ1) is 7.59. The predicted molar refractivity (Wildman–Crippen MR) is 68.4 cm³/mol. The normalized spacial score (nSPS) is 26.1. The van der Waals surface area contributed by atoms with Crippen LogP contribution in [-0.2, 0) is 9.84 Å².